The predicted octanol–water partition coefficient (Wildman–Crippen LogP) is 2.28. The van der Waals surface area contributed by atoms with Crippen molar-refractivity contribution >= 4 is 16.7 Å². The van der Waals surface area contributed by atoms with E-state index in [4.69, 9.17) is 5.73 Å². The fourth-order valence-electron chi connectivity index (χ4n) is 2.99. The first-order chi connectivity index (χ1) is 8.63. The largest absolute Gasteiger partial charge is 0.481 e. The number of hydrogen-bond donors (Lipinski definition) is 2. The lowest BCUT2D eigenvalue weighted by Crippen LogP contribution is -2.54. The lowest BCUT2D eigenvalue weighted by molar-refractivity contribution is -0.148. The van der Waals surface area contributed by atoms with Gasteiger partial charge in [0, 0.05) is 6.04 Å². The third kappa shape index (κ3) is 1.44. The number of carbonyl (C=O) groups is 1. The summed E-state index contributed by atoms with van der Waals surface area (Å²) in [6.07, 6.45) is 1.05. The number of fused-ring (bicyclic) bond motifs is 1. The molecule has 1 aliphatic rings. The molecule has 92 valence electrons. The number of carboxylic acid groups (broad SMARTS) is 1. The molecule has 0 heterocycles. The van der Waals surface area contributed by atoms with E-state index in [1.54, 1.807) is 0 Å². The van der Waals surface area contributed by atoms with Gasteiger partial charge in [-0.2, -0.15) is 0 Å². The molecule has 1 saturated carbocycles. The molecule has 3 N–H and O–H groups in total. The molecule has 0 amide bonds. The van der Waals surface area contributed by atoms with Crippen molar-refractivity contribution in [1.82, 2.24) is 0 Å². The van der Waals surface area contributed by atoms with Gasteiger partial charge in [0.15, 0.2) is 0 Å². The van der Waals surface area contributed by atoms with E-state index >= 15 is 0 Å². The second-order valence-corrected chi connectivity index (χ2v) is 5.08. The molecule has 0 bridgehead atoms. The molecule has 1 fully saturated rings. The van der Waals surface area contributed by atoms with Crippen molar-refractivity contribution in [3.05, 3.63) is 48.0 Å². The highest BCUT2D eigenvalue weighted by atomic mass is 16.4. The molecular formula is C15H15NO2. The van der Waals surface area contributed by atoms with Crippen LogP contribution in [0.3, 0.4) is 0 Å². The Morgan fingerprint density at radius 1 is 1.17 bits per heavy atom. The maximum Gasteiger partial charge on any atom is 0.314 e. The van der Waals surface area contributed by atoms with Crippen LogP contribution in [0, 0.1) is 0 Å². The van der Waals surface area contributed by atoms with E-state index in [-0.39, 0.29) is 6.04 Å². The van der Waals surface area contributed by atoms with Crippen LogP contribution in [-0.2, 0) is 10.2 Å². The first-order valence-corrected chi connectivity index (χ1v) is 6.11. The van der Waals surface area contributed by atoms with Gasteiger partial charge in [0.05, 0.1) is 5.41 Å². The summed E-state index contributed by atoms with van der Waals surface area (Å²) in [5, 5.41) is 11.7. The van der Waals surface area contributed by atoms with Crippen LogP contribution in [0.15, 0.2) is 42.5 Å². The van der Waals surface area contributed by atoms with Gasteiger partial charge in [-0.05, 0) is 29.2 Å². The van der Waals surface area contributed by atoms with E-state index in [9.17, 15) is 9.90 Å². The van der Waals surface area contributed by atoms with Gasteiger partial charge in [0.2, 0.25) is 0 Å². The highest BCUT2D eigenvalue weighted by Crippen LogP contribution is 2.45. The molecule has 3 heteroatoms. The van der Waals surface area contributed by atoms with Crippen LogP contribution in [0.25, 0.3) is 10.8 Å². The minimum absolute atomic E-state index is 0.0000633. The Labute approximate surface area is 105 Å². The maximum atomic E-state index is 11.6. The molecule has 0 saturated heterocycles. The number of benzene rings is 2. The molecule has 2 aromatic rings. The van der Waals surface area contributed by atoms with Gasteiger partial charge in [0.25, 0.3) is 0 Å². The second kappa shape index (κ2) is 3.82. The van der Waals surface area contributed by atoms with Crippen LogP contribution in [0.5, 0.6) is 0 Å². The number of carboxylic acids is 1. The normalized spacial score (nSPS) is 26.8. The first-order valence-electron chi connectivity index (χ1n) is 6.11. The Hall–Kier alpha value is -1.87. The number of hydrogen-bond acceptors (Lipinski definition) is 2. The smallest absolute Gasteiger partial charge is 0.314 e. The molecule has 0 aliphatic heterocycles. The standard InChI is InChI=1S/C15H15NO2/c16-11-8-15(9-11,14(17)18)13-7-3-5-10-4-1-2-6-12(10)13/h1-7,11H,8-9,16H2,(H,17,18). The Balaban J connectivity index is 2.22. The van der Waals surface area contributed by atoms with Crippen LogP contribution in [0.2, 0.25) is 0 Å². The molecular weight excluding hydrogens is 226 g/mol. The summed E-state index contributed by atoms with van der Waals surface area (Å²) < 4.78 is 0. The molecule has 0 spiro atoms. The highest BCUT2D eigenvalue weighted by Gasteiger charge is 2.51. The van der Waals surface area contributed by atoms with E-state index in [1.807, 2.05) is 42.5 Å². The second-order valence-electron chi connectivity index (χ2n) is 5.08. The zero-order chi connectivity index (χ0) is 12.8. The van der Waals surface area contributed by atoms with Gasteiger partial charge in [-0.25, -0.2) is 0 Å². The Bertz CT molecular complexity index is 609. The summed E-state index contributed by atoms with van der Waals surface area (Å²) in [4.78, 5) is 11.6. The van der Waals surface area contributed by atoms with Gasteiger partial charge < -0.3 is 10.8 Å². The summed E-state index contributed by atoms with van der Waals surface area (Å²) >= 11 is 0. The van der Waals surface area contributed by atoms with Crippen molar-refractivity contribution < 1.29 is 9.90 Å². The summed E-state index contributed by atoms with van der Waals surface area (Å²) in [6.45, 7) is 0. The predicted molar refractivity (Wildman–Crippen MR) is 70.5 cm³/mol. The summed E-state index contributed by atoms with van der Waals surface area (Å²) in [5.41, 5.74) is 5.92. The Morgan fingerprint density at radius 2 is 1.83 bits per heavy atom. The third-order valence-corrected chi connectivity index (χ3v) is 3.94. The lowest BCUT2D eigenvalue weighted by Gasteiger charge is -2.43. The maximum absolute atomic E-state index is 11.6. The molecule has 0 radical (unpaired) electrons. The minimum Gasteiger partial charge on any atom is -0.481 e. The van der Waals surface area contributed by atoms with E-state index in [1.165, 1.54) is 0 Å². The van der Waals surface area contributed by atoms with Crippen molar-refractivity contribution in [3.8, 4) is 0 Å². The Kier molecular flexibility index (Phi) is 2.38. The summed E-state index contributed by atoms with van der Waals surface area (Å²) in [6, 6.07) is 13.7. The lowest BCUT2D eigenvalue weighted by atomic mass is 9.61. The zero-order valence-electron chi connectivity index (χ0n) is 9.97. The van der Waals surface area contributed by atoms with Crippen LogP contribution in [0.4, 0.5) is 0 Å². The van der Waals surface area contributed by atoms with Gasteiger partial charge in [0.1, 0.15) is 0 Å². The topological polar surface area (TPSA) is 63.3 Å². The van der Waals surface area contributed by atoms with Gasteiger partial charge in [-0.15, -0.1) is 0 Å². The van der Waals surface area contributed by atoms with Crippen LogP contribution >= 0.6 is 0 Å². The van der Waals surface area contributed by atoms with Crippen molar-refractivity contribution in [2.75, 3.05) is 0 Å². The van der Waals surface area contributed by atoms with Crippen LogP contribution in [0.1, 0.15) is 18.4 Å². The first kappa shape index (κ1) is 11.2. The highest BCUT2D eigenvalue weighted by molar-refractivity contribution is 5.94. The van der Waals surface area contributed by atoms with E-state index in [2.05, 4.69) is 0 Å². The van der Waals surface area contributed by atoms with Crippen LogP contribution < -0.4 is 5.73 Å². The van der Waals surface area contributed by atoms with E-state index in [0.717, 1.165) is 16.3 Å². The molecule has 18 heavy (non-hydrogen) atoms. The van der Waals surface area contributed by atoms with E-state index < -0.39 is 11.4 Å². The van der Waals surface area contributed by atoms with E-state index in [0.29, 0.717) is 12.8 Å². The molecule has 2 aromatic carbocycles. The summed E-state index contributed by atoms with van der Waals surface area (Å²) in [5.74, 6) is -0.763. The van der Waals surface area contributed by atoms with Crippen molar-refractivity contribution in [2.45, 2.75) is 24.3 Å². The zero-order valence-corrected chi connectivity index (χ0v) is 9.97. The molecule has 0 aromatic heterocycles. The number of aliphatic carboxylic acids is 1. The Morgan fingerprint density at radius 3 is 2.50 bits per heavy atom. The fraction of sp³-hybridized carbons (Fsp3) is 0.267. The van der Waals surface area contributed by atoms with Crippen molar-refractivity contribution in [1.29, 1.82) is 0 Å². The van der Waals surface area contributed by atoms with Gasteiger partial charge in [-0.3, -0.25) is 4.79 Å². The molecule has 1 aliphatic carbocycles. The molecule has 0 unspecified atom stereocenters. The monoisotopic (exact) mass is 241 g/mol. The van der Waals surface area contributed by atoms with Crippen LogP contribution in [-0.4, -0.2) is 17.1 Å². The quantitative estimate of drug-likeness (QED) is 0.847. The molecule has 3 rings (SSSR count). The molecule has 0 atom stereocenters. The number of rotatable bonds is 2. The fourth-order valence-corrected chi connectivity index (χ4v) is 2.99. The van der Waals surface area contributed by atoms with Gasteiger partial charge in [-0.1, -0.05) is 42.5 Å². The third-order valence-electron chi connectivity index (χ3n) is 3.94. The van der Waals surface area contributed by atoms with Crippen molar-refractivity contribution in [3.63, 3.8) is 0 Å². The van der Waals surface area contributed by atoms with Crippen molar-refractivity contribution in [2.24, 2.45) is 5.73 Å². The SMILES string of the molecule is NC1CC(C(=O)O)(c2cccc3ccccc23)C1. The average Bonchev–Trinajstić information content (AvgIpc) is 2.34. The van der Waals surface area contributed by atoms with Gasteiger partial charge >= 0.3 is 5.97 Å². The minimum atomic E-state index is -0.791. The molecule has 3 nitrogen and oxygen atoms in total. The summed E-state index contributed by atoms with van der Waals surface area (Å²) in [7, 11) is 0. The average molecular weight is 241 g/mol. The number of nitrogens with two attached hydrogens (primary N) is 1.